The summed E-state index contributed by atoms with van der Waals surface area (Å²) >= 11 is 0. The number of fused-ring (bicyclic) bond motifs is 1. The molecule has 0 saturated heterocycles. The van der Waals surface area contributed by atoms with Crippen LogP contribution in [-0.2, 0) is 16.0 Å². The topological polar surface area (TPSA) is 115 Å². The van der Waals surface area contributed by atoms with Crippen LogP contribution in [0.4, 0.5) is 19.0 Å². The van der Waals surface area contributed by atoms with Crippen molar-refractivity contribution in [3.8, 4) is 0 Å². The molecule has 0 amide bonds. The maximum absolute atomic E-state index is 13.2. The number of allylic oxidation sites excluding steroid dienone is 1. The summed E-state index contributed by atoms with van der Waals surface area (Å²) in [6.07, 6.45) is 1.39. The molecule has 1 aromatic heterocycles. The zero-order valence-electron chi connectivity index (χ0n) is 19.3. The zero-order chi connectivity index (χ0) is 24.7. The van der Waals surface area contributed by atoms with Crippen molar-refractivity contribution in [2.75, 3.05) is 31.3 Å². The third kappa shape index (κ3) is 6.26. The first-order valence-corrected chi connectivity index (χ1v) is 13.0. The Hall–Kier alpha value is -2.14. The maximum Gasteiger partial charge on any atom is 0.419 e. The molecule has 7 nitrogen and oxygen atoms in total. The number of rotatable bonds is 8. The van der Waals surface area contributed by atoms with E-state index in [1.807, 2.05) is 20.9 Å². The molecule has 4 atom stereocenters. The van der Waals surface area contributed by atoms with Crippen LogP contribution in [0.25, 0.3) is 5.70 Å². The lowest BCUT2D eigenvalue weighted by Crippen LogP contribution is -2.35. The monoisotopic (exact) mass is 487 g/mol. The molecular weight excluding hydrogens is 455 g/mol. The number of alkyl halides is 3. The Balaban J connectivity index is 1.74. The number of aliphatic imine (C=N–C) groups is 1. The quantitative estimate of drug-likeness (QED) is 0.545. The summed E-state index contributed by atoms with van der Waals surface area (Å²) in [5.74, 6) is 0.570. The molecule has 0 spiro atoms. The molecule has 184 valence electrons. The highest BCUT2D eigenvalue weighted by atomic mass is 32.2. The standard InChI is InChI=1S/C22H32F3N5O2S/c1-12(2)29-19(10-18(26)13-7-17(22(23,24)25)21(27)28-11-13)20-15-8-14(9-16(15)20)30(3)5-6-33(4,31)32/h7,10-12,14-16,20H,5-6,8-9,26H2,1-4H3,(H2,27,28)/t14?,15-,16+,20?. The van der Waals surface area contributed by atoms with Gasteiger partial charge in [0.15, 0.2) is 0 Å². The van der Waals surface area contributed by atoms with Crippen molar-refractivity contribution in [2.24, 2.45) is 28.5 Å². The van der Waals surface area contributed by atoms with Crippen molar-refractivity contribution in [3.05, 3.63) is 29.5 Å². The highest BCUT2D eigenvalue weighted by Crippen LogP contribution is 2.59. The Kier molecular flexibility index (Phi) is 7.14. The highest BCUT2D eigenvalue weighted by Gasteiger charge is 2.58. The van der Waals surface area contributed by atoms with Crippen molar-refractivity contribution in [1.82, 2.24) is 9.88 Å². The fourth-order valence-corrected chi connectivity index (χ4v) is 5.34. The molecule has 2 aliphatic rings. The lowest BCUT2D eigenvalue weighted by molar-refractivity contribution is -0.137. The number of nitrogens with zero attached hydrogens (tertiary/aromatic N) is 3. The van der Waals surface area contributed by atoms with E-state index in [0.717, 1.165) is 24.6 Å². The van der Waals surface area contributed by atoms with Gasteiger partial charge in [-0.05, 0) is 57.7 Å². The lowest BCUT2D eigenvalue weighted by atomic mass is 10.0. The molecule has 3 rings (SSSR count). The van der Waals surface area contributed by atoms with Crippen LogP contribution in [0.5, 0.6) is 0 Å². The minimum Gasteiger partial charge on any atom is -0.398 e. The molecule has 4 N–H and O–H groups in total. The summed E-state index contributed by atoms with van der Waals surface area (Å²) in [6.45, 7) is 4.38. The molecule has 2 unspecified atom stereocenters. The normalized spacial score (nSPS) is 26.2. The average Bonchev–Trinajstić information content (AvgIpc) is 3.17. The van der Waals surface area contributed by atoms with Gasteiger partial charge >= 0.3 is 6.18 Å². The second-order valence-electron chi connectivity index (χ2n) is 9.49. The number of sulfone groups is 1. The number of nitrogen functional groups attached to an aromatic ring is 1. The van der Waals surface area contributed by atoms with Gasteiger partial charge in [-0.1, -0.05) is 0 Å². The lowest BCUT2D eigenvalue weighted by Gasteiger charge is -2.26. The van der Waals surface area contributed by atoms with Gasteiger partial charge in [-0.3, -0.25) is 4.99 Å². The number of pyridine rings is 1. The third-order valence-electron chi connectivity index (χ3n) is 6.47. The molecule has 2 aliphatic carbocycles. The van der Waals surface area contributed by atoms with E-state index >= 15 is 0 Å². The summed E-state index contributed by atoms with van der Waals surface area (Å²) in [5, 5.41) is 0. The number of anilines is 1. The van der Waals surface area contributed by atoms with Crippen LogP contribution in [0.15, 0.2) is 23.3 Å². The van der Waals surface area contributed by atoms with Crippen LogP contribution in [-0.4, -0.2) is 61.7 Å². The van der Waals surface area contributed by atoms with E-state index in [9.17, 15) is 21.6 Å². The summed E-state index contributed by atoms with van der Waals surface area (Å²) in [5.41, 5.74) is 11.7. The molecule has 1 heterocycles. The first-order chi connectivity index (χ1) is 15.2. The Labute approximate surface area is 193 Å². The molecule has 0 radical (unpaired) electrons. The zero-order valence-corrected chi connectivity index (χ0v) is 20.1. The average molecular weight is 488 g/mol. The number of nitrogens with two attached hydrogens (primary N) is 2. The summed E-state index contributed by atoms with van der Waals surface area (Å²) < 4.78 is 62.5. The predicted molar refractivity (Wildman–Crippen MR) is 124 cm³/mol. The Morgan fingerprint density at radius 3 is 2.45 bits per heavy atom. The largest absolute Gasteiger partial charge is 0.419 e. The fourth-order valence-electron chi connectivity index (χ4n) is 4.72. The first-order valence-electron chi connectivity index (χ1n) is 10.9. The van der Waals surface area contributed by atoms with Crippen molar-refractivity contribution in [2.45, 2.75) is 44.9 Å². The smallest absolute Gasteiger partial charge is 0.398 e. The predicted octanol–water partition coefficient (Wildman–Crippen LogP) is 2.83. The van der Waals surface area contributed by atoms with Gasteiger partial charge in [0.05, 0.1) is 11.3 Å². The van der Waals surface area contributed by atoms with E-state index < -0.39 is 27.4 Å². The Morgan fingerprint density at radius 1 is 1.33 bits per heavy atom. The van der Waals surface area contributed by atoms with Crippen LogP contribution in [0.3, 0.4) is 0 Å². The highest BCUT2D eigenvalue weighted by molar-refractivity contribution is 7.90. The molecule has 0 aromatic carbocycles. The van der Waals surface area contributed by atoms with Gasteiger partial charge in [-0.15, -0.1) is 0 Å². The molecular formula is C22H32F3N5O2S. The minimum absolute atomic E-state index is 0.00823. The Bertz CT molecular complexity index is 1040. The van der Waals surface area contributed by atoms with Gasteiger partial charge in [0.1, 0.15) is 15.7 Å². The molecule has 0 bridgehead atoms. The van der Waals surface area contributed by atoms with Crippen LogP contribution in [0.2, 0.25) is 0 Å². The van der Waals surface area contributed by atoms with Crippen LogP contribution in [0.1, 0.15) is 37.8 Å². The van der Waals surface area contributed by atoms with Crippen molar-refractivity contribution >= 4 is 27.1 Å². The number of aromatic nitrogens is 1. The number of hydrogen-bond acceptors (Lipinski definition) is 7. The molecule has 0 aliphatic heterocycles. The van der Waals surface area contributed by atoms with E-state index in [1.54, 1.807) is 6.08 Å². The van der Waals surface area contributed by atoms with Gasteiger partial charge in [-0.25, -0.2) is 13.4 Å². The number of hydrogen-bond donors (Lipinski definition) is 2. The second kappa shape index (κ2) is 9.25. The van der Waals surface area contributed by atoms with Gasteiger partial charge < -0.3 is 16.4 Å². The van der Waals surface area contributed by atoms with Crippen molar-refractivity contribution in [1.29, 1.82) is 0 Å². The second-order valence-corrected chi connectivity index (χ2v) is 11.8. The fraction of sp³-hybridized carbons (Fsp3) is 0.636. The first kappa shape index (κ1) is 25.5. The molecule has 33 heavy (non-hydrogen) atoms. The molecule has 11 heteroatoms. The van der Waals surface area contributed by atoms with E-state index in [-0.39, 0.29) is 29.0 Å². The van der Waals surface area contributed by atoms with Gasteiger partial charge in [0.25, 0.3) is 0 Å². The van der Waals surface area contributed by atoms with Gasteiger partial charge in [0, 0.05) is 54.0 Å². The maximum atomic E-state index is 13.2. The Morgan fingerprint density at radius 2 is 1.94 bits per heavy atom. The SMILES string of the molecule is CC(C)N=C(C=C(N)c1cnc(N)c(C(F)(F)F)c1)C1[C@H]2CC(N(C)CCS(C)(=O)=O)C[C@@H]12. The van der Waals surface area contributed by atoms with Crippen molar-refractivity contribution in [3.63, 3.8) is 0 Å². The number of halogens is 3. The molecule has 2 fully saturated rings. The molecule has 1 aromatic rings. The van der Waals surface area contributed by atoms with Crippen LogP contribution < -0.4 is 11.5 Å². The summed E-state index contributed by atoms with van der Waals surface area (Å²) in [6, 6.07) is 1.24. The molecule has 2 saturated carbocycles. The van der Waals surface area contributed by atoms with E-state index in [0.29, 0.717) is 24.4 Å². The third-order valence-corrected chi connectivity index (χ3v) is 7.39. The van der Waals surface area contributed by atoms with Crippen LogP contribution >= 0.6 is 0 Å². The summed E-state index contributed by atoms with van der Waals surface area (Å²) in [7, 11) is -1.06. The van der Waals surface area contributed by atoms with Crippen LogP contribution in [0, 0.1) is 17.8 Å². The van der Waals surface area contributed by atoms with E-state index in [1.165, 1.54) is 12.5 Å². The van der Waals surface area contributed by atoms with Gasteiger partial charge in [-0.2, -0.15) is 13.2 Å². The van der Waals surface area contributed by atoms with Gasteiger partial charge in [0.2, 0.25) is 0 Å². The summed E-state index contributed by atoms with van der Waals surface area (Å²) in [4.78, 5) is 10.5. The van der Waals surface area contributed by atoms with Crippen molar-refractivity contribution < 1.29 is 21.6 Å². The van der Waals surface area contributed by atoms with E-state index in [4.69, 9.17) is 16.5 Å². The van der Waals surface area contributed by atoms with E-state index in [2.05, 4.69) is 9.88 Å². The minimum atomic E-state index is -4.62.